The number of benzene rings is 1. The maximum atomic E-state index is 11.9. The Balaban J connectivity index is 1.90. The number of carbonyl (C=O) groups excluding carboxylic acids is 2. The Hall–Kier alpha value is -1.29. The van der Waals surface area contributed by atoms with Crippen LogP contribution in [0, 0.1) is 5.92 Å². The van der Waals surface area contributed by atoms with Crippen molar-refractivity contribution in [2.24, 2.45) is 5.92 Å². The van der Waals surface area contributed by atoms with Crippen molar-refractivity contribution in [1.29, 1.82) is 0 Å². The van der Waals surface area contributed by atoms with Gasteiger partial charge in [-0.05, 0) is 45.2 Å². The summed E-state index contributed by atoms with van der Waals surface area (Å²) in [4.78, 5) is 24.8. The fraction of sp³-hybridized carbons (Fsp3) is 0.529. The fourth-order valence-electron chi connectivity index (χ4n) is 1.91. The molecular weight excluding hydrogens is 284 g/mol. The number of carbonyl (C=O) groups is 2. The lowest BCUT2D eigenvalue weighted by Crippen LogP contribution is -2.21. The van der Waals surface area contributed by atoms with E-state index in [2.05, 4.69) is 0 Å². The molecule has 21 heavy (non-hydrogen) atoms. The topological polar surface area (TPSA) is 43.4 Å². The van der Waals surface area contributed by atoms with Gasteiger partial charge in [-0.25, -0.2) is 0 Å². The molecule has 0 heterocycles. The summed E-state index contributed by atoms with van der Waals surface area (Å²) in [7, 11) is 0. The molecule has 2 unspecified atom stereocenters. The summed E-state index contributed by atoms with van der Waals surface area (Å²) in [5, 5.41) is -0.246. The van der Waals surface area contributed by atoms with Crippen molar-refractivity contribution in [1.82, 2.24) is 0 Å². The zero-order valence-corrected chi connectivity index (χ0v) is 13.6. The van der Waals surface area contributed by atoms with E-state index in [0.717, 1.165) is 29.7 Å². The van der Waals surface area contributed by atoms with Gasteiger partial charge in [0.15, 0.2) is 5.78 Å². The molecule has 0 saturated heterocycles. The zero-order chi connectivity index (χ0) is 15.4. The highest BCUT2D eigenvalue weighted by Crippen LogP contribution is 2.33. The molecule has 0 N–H and O–H groups in total. The van der Waals surface area contributed by atoms with Crippen LogP contribution in [0.5, 0.6) is 0 Å². The third-order valence-electron chi connectivity index (χ3n) is 3.62. The van der Waals surface area contributed by atoms with Gasteiger partial charge in [0.1, 0.15) is 5.25 Å². The normalized spacial score (nSPS) is 17.1. The molecular formula is C17H22O3S. The number of thioether (sulfide) groups is 1. The number of hydrogen-bond acceptors (Lipinski definition) is 4. The van der Waals surface area contributed by atoms with E-state index < -0.39 is 0 Å². The molecule has 1 aromatic rings. The molecule has 2 rings (SSSR count). The van der Waals surface area contributed by atoms with Crippen LogP contribution in [0.4, 0.5) is 0 Å². The van der Waals surface area contributed by atoms with Gasteiger partial charge in [-0.3, -0.25) is 9.59 Å². The summed E-state index contributed by atoms with van der Waals surface area (Å²) in [5.41, 5.74) is 0.775. The van der Waals surface area contributed by atoms with Crippen LogP contribution in [0.25, 0.3) is 0 Å². The van der Waals surface area contributed by atoms with Crippen molar-refractivity contribution in [2.75, 3.05) is 0 Å². The average Bonchev–Trinajstić information content (AvgIpc) is 3.31. The van der Waals surface area contributed by atoms with Crippen LogP contribution in [-0.4, -0.2) is 23.1 Å². The first kappa shape index (κ1) is 16.1. The quantitative estimate of drug-likeness (QED) is 0.432. The summed E-state index contributed by atoms with van der Waals surface area (Å²) >= 11 is 1.46. The summed E-state index contributed by atoms with van der Waals surface area (Å²) in [5.74, 6) is 0.302. The molecule has 2 atom stereocenters. The van der Waals surface area contributed by atoms with Crippen molar-refractivity contribution in [3.05, 3.63) is 29.8 Å². The predicted octanol–water partition coefficient (Wildman–Crippen LogP) is 4.10. The molecule has 1 fully saturated rings. The van der Waals surface area contributed by atoms with Crippen LogP contribution in [-0.2, 0) is 9.53 Å². The van der Waals surface area contributed by atoms with Crippen molar-refractivity contribution in [3.63, 3.8) is 0 Å². The van der Waals surface area contributed by atoms with Crippen LogP contribution < -0.4 is 0 Å². The van der Waals surface area contributed by atoms with Gasteiger partial charge in [0.2, 0.25) is 0 Å². The maximum Gasteiger partial charge on any atom is 0.319 e. The second kappa shape index (κ2) is 7.12. The molecule has 0 radical (unpaired) electrons. The van der Waals surface area contributed by atoms with Crippen LogP contribution in [0.1, 0.15) is 50.4 Å². The second-order valence-corrected chi connectivity index (χ2v) is 6.99. The van der Waals surface area contributed by atoms with E-state index in [1.807, 2.05) is 45.0 Å². The molecule has 3 nitrogen and oxygen atoms in total. The lowest BCUT2D eigenvalue weighted by Gasteiger charge is -2.15. The van der Waals surface area contributed by atoms with Crippen LogP contribution in [0.3, 0.4) is 0 Å². The molecule has 1 aliphatic rings. The van der Waals surface area contributed by atoms with Crippen molar-refractivity contribution < 1.29 is 14.3 Å². The van der Waals surface area contributed by atoms with Crippen molar-refractivity contribution in [2.45, 2.75) is 56.3 Å². The highest BCUT2D eigenvalue weighted by molar-refractivity contribution is 8.00. The molecule has 0 aromatic heterocycles. The monoisotopic (exact) mass is 306 g/mol. The molecule has 114 valence electrons. The maximum absolute atomic E-state index is 11.9. The molecule has 0 bridgehead atoms. The standard InChI is InChI=1S/C17H22O3S/c1-4-11(2)20-17(19)12(3)21-15-9-7-14(8-10-15)16(18)13-5-6-13/h7-13H,4-6H2,1-3H3. The number of hydrogen-bond donors (Lipinski definition) is 0. The molecule has 4 heteroatoms. The van der Waals surface area contributed by atoms with Gasteiger partial charge >= 0.3 is 5.97 Å². The average molecular weight is 306 g/mol. The molecule has 0 aliphatic heterocycles. The van der Waals surface area contributed by atoms with Crippen LogP contribution in [0.2, 0.25) is 0 Å². The minimum atomic E-state index is -0.246. The number of ether oxygens (including phenoxy) is 1. The molecule has 1 aromatic carbocycles. The lowest BCUT2D eigenvalue weighted by molar-refractivity contribution is -0.147. The lowest BCUT2D eigenvalue weighted by atomic mass is 10.1. The van der Waals surface area contributed by atoms with E-state index in [0.29, 0.717) is 0 Å². The largest absolute Gasteiger partial charge is 0.462 e. The van der Waals surface area contributed by atoms with E-state index in [1.54, 1.807) is 0 Å². The van der Waals surface area contributed by atoms with Gasteiger partial charge in [0, 0.05) is 16.4 Å². The van der Waals surface area contributed by atoms with Gasteiger partial charge in [0.05, 0.1) is 6.10 Å². The molecule has 0 spiro atoms. The van der Waals surface area contributed by atoms with Crippen molar-refractivity contribution in [3.8, 4) is 0 Å². The minimum Gasteiger partial charge on any atom is -0.462 e. The van der Waals surface area contributed by atoms with E-state index in [9.17, 15) is 9.59 Å². The minimum absolute atomic E-state index is 0.0425. The van der Waals surface area contributed by atoms with Crippen LogP contribution >= 0.6 is 11.8 Å². The summed E-state index contributed by atoms with van der Waals surface area (Å²) in [6, 6.07) is 7.53. The number of esters is 1. The Bertz CT molecular complexity index is 505. The third kappa shape index (κ3) is 4.60. The Morgan fingerprint density at radius 3 is 2.38 bits per heavy atom. The van der Waals surface area contributed by atoms with E-state index in [1.165, 1.54) is 11.8 Å². The van der Waals surface area contributed by atoms with Gasteiger partial charge in [-0.1, -0.05) is 19.1 Å². The highest BCUT2D eigenvalue weighted by Gasteiger charge is 2.30. The summed E-state index contributed by atoms with van der Waals surface area (Å²) in [6.07, 6.45) is 2.82. The first-order valence-electron chi connectivity index (χ1n) is 7.52. The van der Waals surface area contributed by atoms with E-state index >= 15 is 0 Å². The zero-order valence-electron chi connectivity index (χ0n) is 12.8. The highest BCUT2D eigenvalue weighted by atomic mass is 32.2. The smallest absolute Gasteiger partial charge is 0.319 e. The molecule has 1 aliphatic carbocycles. The molecule has 1 saturated carbocycles. The Morgan fingerprint density at radius 1 is 1.24 bits per heavy atom. The third-order valence-corrected chi connectivity index (χ3v) is 4.71. The fourth-order valence-corrected chi connectivity index (χ4v) is 2.76. The summed E-state index contributed by atoms with van der Waals surface area (Å²) < 4.78 is 5.32. The van der Waals surface area contributed by atoms with E-state index in [4.69, 9.17) is 4.74 Å². The number of rotatable bonds is 7. The predicted molar refractivity (Wildman–Crippen MR) is 84.7 cm³/mol. The van der Waals surface area contributed by atoms with Crippen molar-refractivity contribution >= 4 is 23.5 Å². The molecule has 0 amide bonds. The first-order valence-corrected chi connectivity index (χ1v) is 8.40. The summed E-state index contributed by atoms with van der Waals surface area (Å²) in [6.45, 7) is 5.73. The van der Waals surface area contributed by atoms with Gasteiger partial charge < -0.3 is 4.74 Å². The van der Waals surface area contributed by atoms with Gasteiger partial charge in [-0.2, -0.15) is 0 Å². The van der Waals surface area contributed by atoms with Crippen LogP contribution in [0.15, 0.2) is 29.2 Å². The van der Waals surface area contributed by atoms with Gasteiger partial charge in [-0.15, -0.1) is 11.8 Å². The Morgan fingerprint density at radius 2 is 1.86 bits per heavy atom. The SMILES string of the molecule is CCC(C)OC(=O)C(C)Sc1ccc(C(=O)C2CC2)cc1. The first-order chi connectivity index (χ1) is 10.0. The Labute approximate surface area is 130 Å². The number of Topliss-reactive ketones (excluding diaryl/α,β-unsaturated/α-hetero) is 1. The second-order valence-electron chi connectivity index (χ2n) is 5.58. The Kier molecular flexibility index (Phi) is 5.45. The van der Waals surface area contributed by atoms with E-state index in [-0.39, 0.29) is 29.0 Å². The number of ketones is 1. The van der Waals surface area contributed by atoms with Gasteiger partial charge in [0.25, 0.3) is 0 Å².